The van der Waals surface area contributed by atoms with E-state index < -0.39 is 0 Å². The molecule has 0 saturated carbocycles. The first-order valence-corrected chi connectivity index (χ1v) is 7.57. The molecule has 1 saturated heterocycles. The average Bonchev–Trinajstić information content (AvgIpc) is 3.06. The standard InChI is InChI=1S/C14H18N4S/c1-11-16-14(19-17-11)18-10-4-6-13(18)8-7-12-5-2-3-9-15-12/h2-3,5,9,13H,4,6-8,10H2,1H3/t13-/m0/s1. The van der Waals surface area contributed by atoms with Crippen LogP contribution >= 0.6 is 11.5 Å². The second kappa shape index (κ2) is 5.65. The summed E-state index contributed by atoms with van der Waals surface area (Å²) >= 11 is 1.52. The summed E-state index contributed by atoms with van der Waals surface area (Å²) in [6.45, 7) is 3.07. The summed E-state index contributed by atoms with van der Waals surface area (Å²) < 4.78 is 4.29. The normalized spacial score (nSPS) is 19.0. The molecule has 0 unspecified atom stereocenters. The zero-order valence-corrected chi connectivity index (χ0v) is 11.9. The lowest BCUT2D eigenvalue weighted by Crippen LogP contribution is -2.29. The molecule has 5 heteroatoms. The Bertz CT molecular complexity index is 525. The van der Waals surface area contributed by atoms with Crippen molar-refractivity contribution in [1.82, 2.24) is 14.3 Å². The van der Waals surface area contributed by atoms with Crippen LogP contribution < -0.4 is 4.90 Å². The molecule has 1 fully saturated rings. The number of rotatable bonds is 4. The molecule has 0 aliphatic carbocycles. The van der Waals surface area contributed by atoms with Crippen LogP contribution in [0.3, 0.4) is 0 Å². The third-order valence-corrected chi connectivity index (χ3v) is 4.44. The van der Waals surface area contributed by atoms with Crippen LogP contribution in [0.2, 0.25) is 0 Å². The molecule has 1 aliphatic rings. The Morgan fingerprint density at radius 1 is 1.42 bits per heavy atom. The van der Waals surface area contributed by atoms with E-state index in [0.717, 1.165) is 30.3 Å². The molecule has 1 atom stereocenters. The van der Waals surface area contributed by atoms with Crippen LogP contribution in [0.25, 0.3) is 0 Å². The van der Waals surface area contributed by atoms with Gasteiger partial charge in [-0.3, -0.25) is 4.98 Å². The number of aryl methyl sites for hydroxylation is 2. The summed E-state index contributed by atoms with van der Waals surface area (Å²) in [7, 11) is 0. The SMILES string of the molecule is Cc1nsc(N2CCC[C@H]2CCc2ccccn2)n1. The number of anilines is 1. The molecule has 2 aromatic rings. The quantitative estimate of drug-likeness (QED) is 0.859. The van der Waals surface area contributed by atoms with Gasteiger partial charge >= 0.3 is 0 Å². The summed E-state index contributed by atoms with van der Waals surface area (Å²) in [5.41, 5.74) is 1.18. The highest BCUT2D eigenvalue weighted by molar-refractivity contribution is 7.09. The molecular weight excluding hydrogens is 256 g/mol. The van der Waals surface area contributed by atoms with Gasteiger partial charge in [-0.25, -0.2) is 4.98 Å². The van der Waals surface area contributed by atoms with Gasteiger partial charge in [0.15, 0.2) is 0 Å². The van der Waals surface area contributed by atoms with Gasteiger partial charge in [0.1, 0.15) is 5.82 Å². The summed E-state index contributed by atoms with van der Waals surface area (Å²) in [5, 5.41) is 1.08. The Balaban J connectivity index is 1.64. The minimum absolute atomic E-state index is 0.592. The van der Waals surface area contributed by atoms with Gasteiger partial charge in [-0.2, -0.15) is 4.37 Å². The largest absolute Gasteiger partial charge is 0.344 e. The van der Waals surface area contributed by atoms with Crippen molar-refractivity contribution in [1.29, 1.82) is 0 Å². The van der Waals surface area contributed by atoms with Gasteiger partial charge in [0, 0.05) is 36.0 Å². The molecule has 4 nitrogen and oxygen atoms in total. The Hall–Kier alpha value is -1.49. The van der Waals surface area contributed by atoms with Gasteiger partial charge in [-0.1, -0.05) is 6.07 Å². The van der Waals surface area contributed by atoms with E-state index in [1.807, 2.05) is 19.2 Å². The van der Waals surface area contributed by atoms with Gasteiger partial charge in [-0.05, 0) is 44.7 Å². The van der Waals surface area contributed by atoms with Crippen LogP contribution in [0.15, 0.2) is 24.4 Å². The highest BCUT2D eigenvalue weighted by atomic mass is 32.1. The smallest absolute Gasteiger partial charge is 0.205 e. The first-order valence-electron chi connectivity index (χ1n) is 6.80. The Morgan fingerprint density at radius 3 is 3.11 bits per heavy atom. The number of aromatic nitrogens is 3. The third kappa shape index (κ3) is 2.92. The van der Waals surface area contributed by atoms with E-state index >= 15 is 0 Å². The highest BCUT2D eigenvalue weighted by Crippen LogP contribution is 2.29. The average molecular weight is 274 g/mol. The number of nitrogens with zero attached hydrogens (tertiary/aromatic N) is 4. The van der Waals surface area contributed by atoms with Crippen LogP contribution in [-0.4, -0.2) is 26.9 Å². The van der Waals surface area contributed by atoms with Crippen LogP contribution in [0, 0.1) is 6.92 Å². The van der Waals surface area contributed by atoms with Crippen molar-refractivity contribution in [2.45, 2.75) is 38.6 Å². The Labute approximate surface area is 117 Å². The lowest BCUT2D eigenvalue weighted by Gasteiger charge is -2.23. The summed E-state index contributed by atoms with van der Waals surface area (Å²) in [6, 6.07) is 6.72. The summed E-state index contributed by atoms with van der Waals surface area (Å²) in [4.78, 5) is 11.3. The first-order chi connectivity index (χ1) is 9.33. The van der Waals surface area contributed by atoms with Crippen LogP contribution in [0.1, 0.15) is 30.8 Å². The molecule has 2 aromatic heterocycles. The molecule has 0 bridgehead atoms. The fraction of sp³-hybridized carbons (Fsp3) is 0.500. The number of pyridine rings is 1. The Morgan fingerprint density at radius 2 is 2.37 bits per heavy atom. The molecule has 0 spiro atoms. The zero-order valence-electron chi connectivity index (χ0n) is 11.1. The lowest BCUT2D eigenvalue weighted by atomic mass is 10.1. The number of hydrogen-bond acceptors (Lipinski definition) is 5. The predicted molar refractivity (Wildman–Crippen MR) is 77.6 cm³/mol. The second-order valence-electron chi connectivity index (χ2n) is 4.97. The van der Waals surface area contributed by atoms with Crippen molar-refractivity contribution >= 4 is 16.7 Å². The minimum atomic E-state index is 0.592. The van der Waals surface area contributed by atoms with E-state index in [4.69, 9.17) is 0 Å². The van der Waals surface area contributed by atoms with Crippen molar-refractivity contribution in [3.05, 3.63) is 35.9 Å². The van der Waals surface area contributed by atoms with Crippen LogP contribution in [0.5, 0.6) is 0 Å². The van der Waals surface area contributed by atoms with Gasteiger partial charge in [0.05, 0.1) is 0 Å². The van der Waals surface area contributed by atoms with Crippen molar-refractivity contribution in [2.75, 3.05) is 11.4 Å². The fourth-order valence-corrected chi connectivity index (χ4v) is 3.42. The maximum Gasteiger partial charge on any atom is 0.205 e. The van der Waals surface area contributed by atoms with Gasteiger partial charge in [0.25, 0.3) is 0 Å². The molecule has 0 amide bonds. The maximum absolute atomic E-state index is 4.52. The topological polar surface area (TPSA) is 41.9 Å². The minimum Gasteiger partial charge on any atom is -0.344 e. The summed E-state index contributed by atoms with van der Waals surface area (Å²) in [6.07, 6.45) is 6.57. The second-order valence-corrected chi connectivity index (χ2v) is 5.70. The first kappa shape index (κ1) is 12.5. The van der Waals surface area contributed by atoms with E-state index in [-0.39, 0.29) is 0 Å². The van der Waals surface area contributed by atoms with E-state index in [1.54, 1.807) is 0 Å². The Kier molecular flexibility index (Phi) is 3.73. The van der Waals surface area contributed by atoms with Gasteiger partial charge < -0.3 is 4.90 Å². The van der Waals surface area contributed by atoms with Crippen molar-refractivity contribution < 1.29 is 0 Å². The summed E-state index contributed by atoms with van der Waals surface area (Å²) in [5.74, 6) is 0.885. The van der Waals surface area contributed by atoms with E-state index in [1.165, 1.54) is 30.1 Å². The van der Waals surface area contributed by atoms with E-state index in [2.05, 4.69) is 31.4 Å². The van der Waals surface area contributed by atoms with Crippen molar-refractivity contribution in [2.24, 2.45) is 0 Å². The van der Waals surface area contributed by atoms with Crippen molar-refractivity contribution in [3.8, 4) is 0 Å². The van der Waals surface area contributed by atoms with E-state index in [9.17, 15) is 0 Å². The highest BCUT2D eigenvalue weighted by Gasteiger charge is 2.26. The number of hydrogen-bond donors (Lipinski definition) is 0. The molecule has 0 aromatic carbocycles. The van der Waals surface area contributed by atoms with Gasteiger partial charge in [0.2, 0.25) is 5.13 Å². The third-order valence-electron chi connectivity index (χ3n) is 3.60. The monoisotopic (exact) mass is 274 g/mol. The maximum atomic E-state index is 4.52. The lowest BCUT2D eigenvalue weighted by molar-refractivity contribution is 0.604. The fourth-order valence-electron chi connectivity index (χ4n) is 2.65. The molecule has 3 rings (SSSR count). The van der Waals surface area contributed by atoms with Crippen molar-refractivity contribution in [3.63, 3.8) is 0 Å². The molecule has 100 valence electrons. The molecule has 0 radical (unpaired) electrons. The zero-order chi connectivity index (χ0) is 13.1. The van der Waals surface area contributed by atoms with Gasteiger partial charge in [-0.15, -0.1) is 0 Å². The predicted octanol–water partition coefficient (Wildman–Crippen LogP) is 2.84. The molecule has 19 heavy (non-hydrogen) atoms. The molecule has 1 aliphatic heterocycles. The van der Waals surface area contributed by atoms with Crippen LogP contribution in [0.4, 0.5) is 5.13 Å². The molecule has 0 N–H and O–H groups in total. The molecular formula is C14H18N4S. The van der Waals surface area contributed by atoms with E-state index in [0.29, 0.717) is 6.04 Å². The molecule has 3 heterocycles. The van der Waals surface area contributed by atoms with Crippen LogP contribution in [-0.2, 0) is 6.42 Å².